The summed E-state index contributed by atoms with van der Waals surface area (Å²) in [6.45, 7) is 4.28. The quantitative estimate of drug-likeness (QED) is 0.892. The van der Waals surface area contributed by atoms with Gasteiger partial charge in [0.25, 0.3) is 0 Å². The van der Waals surface area contributed by atoms with Gasteiger partial charge in [0.2, 0.25) is 0 Å². The number of nitrogens with one attached hydrogen (secondary N) is 1. The highest BCUT2D eigenvalue weighted by Crippen LogP contribution is 2.24. The van der Waals surface area contributed by atoms with E-state index in [4.69, 9.17) is 0 Å². The van der Waals surface area contributed by atoms with Crippen LogP contribution in [0.15, 0.2) is 30.5 Å². The molecular formula is C16H23N3. The minimum atomic E-state index is 0.213. The summed E-state index contributed by atoms with van der Waals surface area (Å²) in [5, 5.41) is 7.85. The van der Waals surface area contributed by atoms with Crippen molar-refractivity contribution in [1.29, 1.82) is 0 Å². The molecule has 0 aliphatic carbocycles. The second kappa shape index (κ2) is 6.02. The second-order valence-corrected chi connectivity index (χ2v) is 5.06. The van der Waals surface area contributed by atoms with E-state index >= 15 is 0 Å². The van der Waals surface area contributed by atoms with Gasteiger partial charge in [0.1, 0.15) is 0 Å². The zero-order valence-electron chi connectivity index (χ0n) is 12.3. The average Bonchev–Trinajstić information content (AvgIpc) is 2.71. The van der Waals surface area contributed by atoms with E-state index in [-0.39, 0.29) is 6.04 Å². The molecule has 1 aromatic carbocycles. The van der Waals surface area contributed by atoms with Gasteiger partial charge in [0.15, 0.2) is 0 Å². The lowest BCUT2D eigenvalue weighted by Gasteiger charge is -2.17. The third-order valence-corrected chi connectivity index (χ3v) is 3.47. The van der Waals surface area contributed by atoms with E-state index in [0.29, 0.717) is 0 Å². The maximum Gasteiger partial charge on any atom is 0.0644 e. The van der Waals surface area contributed by atoms with Crippen LogP contribution in [0.2, 0.25) is 0 Å². The lowest BCUT2D eigenvalue weighted by atomic mass is 9.97. The van der Waals surface area contributed by atoms with Gasteiger partial charge in [-0.3, -0.25) is 4.68 Å². The van der Waals surface area contributed by atoms with Crippen molar-refractivity contribution in [2.45, 2.75) is 32.7 Å². The van der Waals surface area contributed by atoms with Gasteiger partial charge >= 0.3 is 0 Å². The zero-order valence-corrected chi connectivity index (χ0v) is 12.3. The normalized spacial score (nSPS) is 12.6. The van der Waals surface area contributed by atoms with Crippen LogP contribution in [0.4, 0.5) is 0 Å². The molecule has 19 heavy (non-hydrogen) atoms. The molecule has 1 N–H and O–H groups in total. The van der Waals surface area contributed by atoms with Crippen LogP contribution in [0, 0.1) is 6.92 Å². The van der Waals surface area contributed by atoms with Crippen molar-refractivity contribution in [2.75, 3.05) is 7.05 Å². The molecule has 0 aliphatic rings. The van der Waals surface area contributed by atoms with E-state index in [1.807, 2.05) is 18.8 Å². The van der Waals surface area contributed by atoms with Gasteiger partial charge in [0, 0.05) is 18.8 Å². The molecule has 1 unspecified atom stereocenters. The van der Waals surface area contributed by atoms with Crippen LogP contribution in [-0.2, 0) is 13.5 Å². The van der Waals surface area contributed by atoms with Gasteiger partial charge in [-0.05, 0) is 31.5 Å². The summed E-state index contributed by atoms with van der Waals surface area (Å²) in [6.07, 6.45) is 4.42. The van der Waals surface area contributed by atoms with Crippen LogP contribution < -0.4 is 5.32 Å². The van der Waals surface area contributed by atoms with Gasteiger partial charge in [-0.15, -0.1) is 0 Å². The van der Waals surface area contributed by atoms with Crippen LogP contribution in [0.1, 0.15) is 41.8 Å². The van der Waals surface area contributed by atoms with E-state index in [2.05, 4.69) is 54.7 Å². The molecule has 0 aliphatic heterocycles. The highest BCUT2D eigenvalue weighted by atomic mass is 15.3. The van der Waals surface area contributed by atoms with Crippen LogP contribution in [-0.4, -0.2) is 16.8 Å². The Hall–Kier alpha value is -1.61. The predicted molar refractivity (Wildman–Crippen MR) is 79.3 cm³/mol. The molecule has 0 saturated carbocycles. The predicted octanol–water partition coefficient (Wildman–Crippen LogP) is 2.99. The van der Waals surface area contributed by atoms with E-state index in [9.17, 15) is 0 Å². The zero-order chi connectivity index (χ0) is 13.8. The first-order chi connectivity index (χ1) is 9.15. The maximum atomic E-state index is 4.44. The number of hydrogen-bond donors (Lipinski definition) is 1. The standard InChI is InChI=1S/C16H23N3/c1-5-7-13-8-6-9-14(10-13)16(17-3)15-11-19(4)18-12(15)2/h6,8-11,16-17H,5,7H2,1-4H3. The van der Waals surface area contributed by atoms with Gasteiger partial charge in [0.05, 0.1) is 11.7 Å². The Labute approximate surface area is 115 Å². The molecule has 0 saturated heterocycles. The first-order valence-corrected chi connectivity index (χ1v) is 6.92. The fourth-order valence-corrected chi connectivity index (χ4v) is 2.62. The van der Waals surface area contributed by atoms with Crippen molar-refractivity contribution in [2.24, 2.45) is 7.05 Å². The first-order valence-electron chi connectivity index (χ1n) is 6.92. The average molecular weight is 257 g/mol. The van der Waals surface area contributed by atoms with Crippen LogP contribution in [0.5, 0.6) is 0 Å². The fraction of sp³-hybridized carbons (Fsp3) is 0.438. The second-order valence-electron chi connectivity index (χ2n) is 5.06. The van der Waals surface area contributed by atoms with Crippen molar-refractivity contribution < 1.29 is 0 Å². The summed E-state index contributed by atoms with van der Waals surface area (Å²) in [6, 6.07) is 9.06. The Morgan fingerprint density at radius 2 is 2.16 bits per heavy atom. The lowest BCUT2D eigenvalue weighted by Crippen LogP contribution is -2.18. The number of aromatic nitrogens is 2. The monoisotopic (exact) mass is 257 g/mol. The molecule has 3 nitrogen and oxygen atoms in total. The highest BCUT2D eigenvalue weighted by Gasteiger charge is 2.16. The lowest BCUT2D eigenvalue weighted by molar-refractivity contribution is 0.685. The summed E-state index contributed by atoms with van der Waals surface area (Å²) < 4.78 is 1.88. The summed E-state index contributed by atoms with van der Waals surface area (Å²) >= 11 is 0. The molecule has 1 atom stereocenters. The van der Waals surface area contributed by atoms with Crippen LogP contribution in [0.3, 0.4) is 0 Å². The maximum absolute atomic E-state index is 4.44. The summed E-state index contributed by atoms with van der Waals surface area (Å²) in [7, 11) is 3.97. The molecule has 0 bridgehead atoms. The number of aryl methyl sites for hydroxylation is 3. The smallest absolute Gasteiger partial charge is 0.0644 e. The first kappa shape index (κ1) is 13.8. The topological polar surface area (TPSA) is 29.9 Å². The molecule has 1 aromatic heterocycles. The Balaban J connectivity index is 2.36. The van der Waals surface area contributed by atoms with Gasteiger partial charge in [-0.1, -0.05) is 37.6 Å². The Kier molecular flexibility index (Phi) is 4.38. The molecule has 1 heterocycles. The number of nitrogens with zero attached hydrogens (tertiary/aromatic N) is 2. The molecule has 0 radical (unpaired) electrons. The van der Waals surface area contributed by atoms with Crippen LogP contribution >= 0.6 is 0 Å². The highest BCUT2D eigenvalue weighted by molar-refractivity contribution is 5.35. The molecule has 0 fully saturated rings. The third-order valence-electron chi connectivity index (χ3n) is 3.47. The SMILES string of the molecule is CCCc1cccc(C(NC)c2cn(C)nc2C)c1. The van der Waals surface area contributed by atoms with Crippen LogP contribution in [0.25, 0.3) is 0 Å². The van der Waals surface area contributed by atoms with E-state index < -0.39 is 0 Å². The largest absolute Gasteiger partial charge is 0.309 e. The van der Waals surface area contributed by atoms with Crippen molar-refractivity contribution in [3.63, 3.8) is 0 Å². The molecule has 2 rings (SSSR count). The molecule has 3 heteroatoms. The number of benzene rings is 1. The molecule has 0 spiro atoms. The fourth-order valence-electron chi connectivity index (χ4n) is 2.62. The van der Waals surface area contributed by atoms with E-state index in [1.165, 1.54) is 23.1 Å². The minimum absolute atomic E-state index is 0.213. The summed E-state index contributed by atoms with van der Waals surface area (Å²) in [4.78, 5) is 0. The van der Waals surface area contributed by atoms with Crippen molar-refractivity contribution >= 4 is 0 Å². The number of rotatable bonds is 5. The summed E-state index contributed by atoms with van der Waals surface area (Å²) in [5.41, 5.74) is 5.05. The van der Waals surface area contributed by atoms with Gasteiger partial charge < -0.3 is 5.32 Å². The molecule has 102 valence electrons. The molecule has 2 aromatic rings. The number of hydrogen-bond acceptors (Lipinski definition) is 2. The van der Waals surface area contributed by atoms with Crippen molar-refractivity contribution in [1.82, 2.24) is 15.1 Å². The Bertz CT molecular complexity index is 543. The molecule has 0 amide bonds. The van der Waals surface area contributed by atoms with E-state index in [0.717, 1.165) is 12.1 Å². The van der Waals surface area contributed by atoms with Crippen molar-refractivity contribution in [3.05, 3.63) is 52.8 Å². The van der Waals surface area contributed by atoms with Gasteiger partial charge in [-0.25, -0.2) is 0 Å². The Morgan fingerprint density at radius 1 is 1.37 bits per heavy atom. The Morgan fingerprint density at radius 3 is 2.74 bits per heavy atom. The van der Waals surface area contributed by atoms with E-state index in [1.54, 1.807) is 0 Å². The summed E-state index contributed by atoms with van der Waals surface area (Å²) in [5.74, 6) is 0. The minimum Gasteiger partial charge on any atom is -0.309 e. The van der Waals surface area contributed by atoms with Gasteiger partial charge in [-0.2, -0.15) is 5.10 Å². The third kappa shape index (κ3) is 3.04. The molecular weight excluding hydrogens is 234 g/mol. The van der Waals surface area contributed by atoms with Crippen molar-refractivity contribution in [3.8, 4) is 0 Å².